The average Bonchev–Trinajstić information content (AvgIpc) is 1.82. The van der Waals surface area contributed by atoms with E-state index < -0.39 is 18.0 Å². The van der Waals surface area contributed by atoms with Crippen LogP contribution in [0.5, 0.6) is 0 Å². The molecule has 0 radical (unpaired) electrons. The summed E-state index contributed by atoms with van der Waals surface area (Å²) >= 11 is 0. The molecular weight excluding hydrogens is 148 g/mol. The Kier molecular flexibility index (Phi) is 3.75. The van der Waals surface area contributed by atoms with Crippen molar-refractivity contribution in [1.29, 1.82) is 0 Å². The van der Waals surface area contributed by atoms with Crippen LogP contribution in [-0.2, 0) is 14.3 Å². The Labute approximate surface area is 64.2 Å². The summed E-state index contributed by atoms with van der Waals surface area (Å²) in [7, 11) is 0. The van der Waals surface area contributed by atoms with Gasteiger partial charge in [0, 0.05) is 12.8 Å². The van der Waals surface area contributed by atoms with Crippen molar-refractivity contribution in [2.45, 2.75) is 20.0 Å². The van der Waals surface area contributed by atoms with E-state index in [9.17, 15) is 9.59 Å². The summed E-state index contributed by atoms with van der Waals surface area (Å²) in [6, 6.07) is 0. The third kappa shape index (κ3) is 6.38. The number of carboxylic acids is 1. The predicted molar refractivity (Wildman–Crippen MR) is 36.6 cm³/mol. The zero-order valence-electron chi connectivity index (χ0n) is 6.25. The van der Waals surface area contributed by atoms with Gasteiger partial charge in [0.25, 0.3) is 0 Å². The number of carbonyl (C=O) groups excluding carboxylic acids is 1. The van der Waals surface area contributed by atoms with Gasteiger partial charge >= 0.3 is 11.9 Å². The Morgan fingerprint density at radius 3 is 2.45 bits per heavy atom. The van der Waals surface area contributed by atoms with Crippen LogP contribution in [0.1, 0.15) is 13.8 Å². The second-order valence-electron chi connectivity index (χ2n) is 1.83. The smallest absolute Gasteiger partial charge is 0.382 e. The second-order valence-corrected chi connectivity index (χ2v) is 1.83. The van der Waals surface area contributed by atoms with Crippen molar-refractivity contribution in [3.05, 3.63) is 0 Å². The third-order valence-electron chi connectivity index (χ3n) is 0.725. The molecule has 0 amide bonds. The maximum Gasteiger partial charge on any atom is 0.382 e. The van der Waals surface area contributed by atoms with Gasteiger partial charge in [-0.05, 0) is 12.8 Å². The van der Waals surface area contributed by atoms with Gasteiger partial charge in [-0.1, -0.05) is 0 Å². The molecule has 0 fully saturated rings. The number of carbonyl (C=O) groups is 2. The van der Waals surface area contributed by atoms with E-state index in [0.29, 0.717) is 0 Å². The lowest BCUT2D eigenvalue weighted by Crippen LogP contribution is -2.09. The van der Waals surface area contributed by atoms with Crippen LogP contribution in [0.4, 0.5) is 0 Å². The molecule has 1 N–H and O–H groups in total. The van der Waals surface area contributed by atoms with Gasteiger partial charge in [0.15, 0.2) is 6.10 Å². The highest BCUT2D eigenvalue weighted by atomic mass is 16.5. The minimum absolute atomic E-state index is 0.475. The van der Waals surface area contributed by atoms with Crippen LogP contribution in [-0.4, -0.2) is 23.1 Å². The van der Waals surface area contributed by atoms with E-state index in [1.54, 1.807) is 0 Å². The molecule has 0 heterocycles. The Hall–Kier alpha value is -1.50. The van der Waals surface area contributed by atoms with Crippen LogP contribution in [0, 0.1) is 11.8 Å². The molecule has 1 atom stereocenters. The Morgan fingerprint density at radius 1 is 1.55 bits per heavy atom. The Bertz CT molecular complexity index is 220. The predicted octanol–water partition coefficient (Wildman–Crippen LogP) is 0.0260. The van der Waals surface area contributed by atoms with E-state index in [1.165, 1.54) is 13.8 Å². The summed E-state index contributed by atoms with van der Waals surface area (Å²) in [5.74, 6) is 2.35. The number of hydrogen-bond donors (Lipinski definition) is 1. The molecule has 0 saturated heterocycles. The molecule has 4 heteroatoms. The van der Waals surface area contributed by atoms with Gasteiger partial charge in [-0.3, -0.25) is 4.79 Å². The van der Waals surface area contributed by atoms with Gasteiger partial charge < -0.3 is 9.84 Å². The molecule has 0 unspecified atom stereocenters. The lowest BCUT2D eigenvalue weighted by atomic mass is 10.4. The van der Waals surface area contributed by atoms with Gasteiger partial charge in [-0.25, -0.2) is 4.79 Å². The van der Waals surface area contributed by atoms with Crippen molar-refractivity contribution in [2.24, 2.45) is 0 Å². The van der Waals surface area contributed by atoms with E-state index in [4.69, 9.17) is 5.11 Å². The van der Waals surface area contributed by atoms with Crippen molar-refractivity contribution in [2.75, 3.05) is 0 Å². The topological polar surface area (TPSA) is 63.6 Å². The van der Waals surface area contributed by atoms with E-state index in [0.717, 1.165) is 0 Å². The SMILES string of the molecule is CC(=O)O[C@@H](C)C#CC(=O)O. The van der Waals surface area contributed by atoms with E-state index in [2.05, 4.69) is 10.7 Å². The molecule has 0 aromatic heterocycles. The van der Waals surface area contributed by atoms with E-state index >= 15 is 0 Å². The molecule has 4 nitrogen and oxygen atoms in total. The van der Waals surface area contributed by atoms with Crippen LogP contribution in [0.15, 0.2) is 0 Å². The first-order valence-electron chi connectivity index (χ1n) is 2.94. The number of carboxylic acid groups (broad SMARTS) is 1. The van der Waals surface area contributed by atoms with Gasteiger partial charge in [0.1, 0.15) is 0 Å². The molecule has 60 valence electrons. The highest BCUT2D eigenvalue weighted by Crippen LogP contribution is 1.87. The number of rotatable bonds is 1. The number of esters is 1. The first-order chi connectivity index (χ1) is 5.02. The summed E-state index contributed by atoms with van der Waals surface area (Å²) in [5.41, 5.74) is 0. The lowest BCUT2D eigenvalue weighted by molar-refractivity contribution is -0.143. The number of ether oxygens (including phenoxy) is 1. The molecular formula is C7H8O4. The molecule has 0 rings (SSSR count). The van der Waals surface area contributed by atoms with Crippen molar-refractivity contribution in [3.63, 3.8) is 0 Å². The van der Waals surface area contributed by atoms with Gasteiger partial charge in [-0.2, -0.15) is 0 Å². The molecule has 0 aromatic carbocycles. The summed E-state index contributed by atoms with van der Waals surface area (Å²) in [4.78, 5) is 20.1. The Morgan fingerprint density at radius 2 is 2.09 bits per heavy atom. The van der Waals surface area contributed by atoms with E-state index in [-0.39, 0.29) is 0 Å². The fraction of sp³-hybridized carbons (Fsp3) is 0.429. The number of hydrogen-bond acceptors (Lipinski definition) is 3. The highest BCUT2D eigenvalue weighted by Gasteiger charge is 1.99. The fourth-order valence-electron chi connectivity index (χ4n) is 0.442. The molecule has 0 aromatic rings. The summed E-state index contributed by atoms with van der Waals surface area (Å²) < 4.78 is 4.52. The van der Waals surface area contributed by atoms with Crippen molar-refractivity contribution < 1.29 is 19.4 Å². The standard InChI is InChI=1S/C7H8O4/c1-5(11-6(2)8)3-4-7(9)10/h5H,1-2H3,(H,9,10)/t5-/m0/s1. The first-order valence-corrected chi connectivity index (χ1v) is 2.94. The summed E-state index contributed by atoms with van der Waals surface area (Å²) in [5, 5.41) is 8.08. The first kappa shape index (κ1) is 9.50. The maximum absolute atomic E-state index is 10.3. The van der Waals surface area contributed by atoms with Crippen LogP contribution >= 0.6 is 0 Å². The molecule has 0 aliphatic rings. The van der Waals surface area contributed by atoms with Crippen LogP contribution in [0.3, 0.4) is 0 Å². The third-order valence-corrected chi connectivity index (χ3v) is 0.725. The lowest BCUT2D eigenvalue weighted by Gasteiger charge is -2.01. The quantitative estimate of drug-likeness (QED) is 0.429. The maximum atomic E-state index is 10.3. The minimum Gasteiger partial charge on any atom is -0.472 e. The van der Waals surface area contributed by atoms with Crippen molar-refractivity contribution >= 4 is 11.9 Å². The molecule has 0 aliphatic carbocycles. The Balaban J connectivity index is 3.89. The van der Waals surface area contributed by atoms with E-state index in [1.807, 2.05) is 5.92 Å². The molecule has 11 heavy (non-hydrogen) atoms. The molecule has 0 aliphatic heterocycles. The van der Waals surface area contributed by atoms with Gasteiger partial charge in [-0.15, -0.1) is 0 Å². The average molecular weight is 156 g/mol. The monoisotopic (exact) mass is 156 g/mol. The normalized spacial score (nSPS) is 10.7. The van der Waals surface area contributed by atoms with Crippen LogP contribution in [0.2, 0.25) is 0 Å². The molecule has 0 saturated carbocycles. The van der Waals surface area contributed by atoms with Crippen molar-refractivity contribution in [1.82, 2.24) is 0 Å². The summed E-state index contributed by atoms with van der Waals surface area (Å²) in [6.07, 6.45) is -0.663. The fourth-order valence-corrected chi connectivity index (χ4v) is 0.442. The number of aliphatic carboxylic acids is 1. The zero-order valence-corrected chi connectivity index (χ0v) is 6.25. The molecule has 0 bridgehead atoms. The highest BCUT2D eigenvalue weighted by molar-refractivity contribution is 5.86. The van der Waals surface area contributed by atoms with Crippen LogP contribution in [0.25, 0.3) is 0 Å². The van der Waals surface area contributed by atoms with Gasteiger partial charge in [0.2, 0.25) is 0 Å². The molecule has 0 spiro atoms. The largest absolute Gasteiger partial charge is 0.472 e. The second kappa shape index (κ2) is 4.34. The summed E-state index contributed by atoms with van der Waals surface area (Å²) in [6.45, 7) is 2.73. The zero-order chi connectivity index (χ0) is 8.85. The van der Waals surface area contributed by atoms with Crippen LogP contribution < -0.4 is 0 Å². The van der Waals surface area contributed by atoms with Gasteiger partial charge in [0.05, 0.1) is 0 Å². The van der Waals surface area contributed by atoms with Crippen molar-refractivity contribution in [3.8, 4) is 11.8 Å². The minimum atomic E-state index is -1.23.